The van der Waals surface area contributed by atoms with Gasteiger partial charge in [-0.1, -0.05) is 36.8 Å². The molecule has 1 unspecified atom stereocenters. The Labute approximate surface area is 497 Å². The lowest BCUT2D eigenvalue weighted by Crippen LogP contribution is -2.57. The Balaban J connectivity index is 1.70. The van der Waals surface area contributed by atoms with Gasteiger partial charge in [0.15, 0.2) is 23.2 Å². The Hall–Kier alpha value is -8.07. The molecule has 0 spiro atoms. The number of carboxylic acids is 1. The highest BCUT2D eigenvalue weighted by atomic mass is 32.2. The summed E-state index contributed by atoms with van der Waals surface area (Å²) in [6.07, 6.45) is 7.15. The normalized spacial score (nSPS) is 13.1. The lowest BCUT2D eigenvalue weighted by molar-refractivity contribution is -0.143. The molecule has 0 saturated heterocycles. The average molecular weight is 1210 g/mol. The third-order valence-corrected chi connectivity index (χ3v) is 13.9. The van der Waals surface area contributed by atoms with E-state index in [1.165, 1.54) is 33.9 Å². The van der Waals surface area contributed by atoms with Crippen molar-refractivity contribution in [2.45, 2.75) is 120 Å². The lowest BCUT2D eigenvalue weighted by Gasteiger charge is -2.25. The number of nitrogens with one attached hydrogen (secondary N) is 7. The second-order valence-corrected chi connectivity index (χ2v) is 20.9. The second kappa shape index (κ2) is 39.5. The number of imidazole rings is 1. The fraction of sp³-hybridized carbons (Fsp3) is 0.585. The number of aliphatic carboxylic acids is 1. The van der Waals surface area contributed by atoms with Gasteiger partial charge in [-0.15, -0.1) is 0 Å². The van der Waals surface area contributed by atoms with E-state index in [2.05, 4.69) is 57.2 Å². The number of carbonyl (C=O) groups excluding carboxylic acids is 9. The maximum atomic E-state index is 14.3. The van der Waals surface area contributed by atoms with Crippen LogP contribution in [0.25, 0.3) is 11.2 Å². The number of unbranched alkanes of at least 4 members (excludes halogenated alkanes) is 3. The molecule has 85 heavy (non-hydrogen) atoms. The molecule has 0 fully saturated rings. The van der Waals surface area contributed by atoms with Gasteiger partial charge in [-0.05, 0) is 102 Å². The largest absolute Gasteiger partial charge is 0.480 e. The van der Waals surface area contributed by atoms with Crippen molar-refractivity contribution in [1.29, 1.82) is 0 Å². The van der Waals surface area contributed by atoms with Crippen LogP contribution in [0.5, 0.6) is 0 Å². The number of thioether (sulfide) groups is 1. The summed E-state index contributed by atoms with van der Waals surface area (Å²) in [5.74, 6) is -8.48. The molecule has 0 saturated carbocycles. The van der Waals surface area contributed by atoms with Crippen molar-refractivity contribution >= 4 is 93.7 Å². The van der Waals surface area contributed by atoms with E-state index in [9.17, 15) is 53.1 Å². The number of anilines is 1. The van der Waals surface area contributed by atoms with Crippen LogP contribution in [0.3, 0.4) is 0 Å². The van der Waals surface area contributed by atoms with Crippen molar-refractivity contribution in [2.24, 2.45) is 45.3 Å². The van der Waals surface area contributed by atoms with Gasteiger partial charge in [0.05, 0.1) is 32.0 Å². The minimum absolute atomic E-state index is 0.000443. The number of carboxylic acid groups (broad SMARTS) is 1. The molecule has 3 aromatic rings. The molecule has 0 bridgehead atoms. The van der Waals surface area contributed by atoms with Crippen LogP contribution in [0.4, 0.5) is 5.82 Å². The smallest absolute Gasteiger partial charge is 0.326 e. The van der Waals surface area contributed by atoms with Crippen LogP contribution < -0.4 is 77.4 Å². The fourth-order valence-corrected chi connectivity index (χ4v) is 9.27. The molecule has 470 valence electrons. The number of ketones is 1. The summed E-state index contributed by atoms with van der Waals surface area (Å²) >= 11 is 1.21. The Morgan fingerprint density at radius 3 is 1.84 bits per heavy atom. The highest BCUT2D eigenvalue weighted by molar-refractivity contribution is 7.98. The topological polar surface area (TPSA) is 516 Å². The van der Waals surface area contributed by atoms with Gasteiger partial charge in [0.2, 0.25) is 47.3 Å². The van der Waals surface area contributed by atoms with E-state index in [4.69, 9.17) is 40.1 Å². The van der Waals surface area contributed by atoms with E-state index in [1.54, 1.807) is 36.6 Å². The minimum atomic E-state index is -1.31. The molecule has 0 aliphatic rings. The van der Waals surface area contributed by atoms with E-state index >= 15 is 0 Å². The van der Waals surface area contributed by atoms with Gasteiger partial charge in [0, 0.05) is 37.7 Å². The van der Waals surface area contributed by atoms with E-state index in [0.29, 0.717) is 61.8 Å². The van der Waals surface area contributed by atoms with Crippen LogP contribution >= 0.6 is 11.8 Å². The molecule has 0 aliphatic heterocycles. The molecule has 1 aromatic carbocycles. The van der Waals surface area contributed by atoms with E-state index in [0.717, 1.165) is 0 Å². The Bertz CT molecular complexity index is 2680. The predicted octanol–water partition coefficient (Wildman–Crippen LogP) is -4.44. The molecule has 6 atom stereocenters. The van der Waals surface area contributed by atoms with Crippen LogP contribution in [0, 0.1) is 5.92 Å². The summed E-state index contributed by atoms with van der Waals surface area (Å²) in [6.45, 7) is -0.915. The molecule has 31 nitrogen and oxygen atoms in total. The first-order valence-corrected chi connectivity index (χ1v) is 29.5. The number of rotatable bonds is 43. The van der Waals surface area contributed by atoms with Gasteiger partial charge >= 0.3 is 5.97 Å². The quantitative estimate of drug-likeness (QED) is 0.0144. The highest BCUT2D eigenvalue weighted by Crippen LogP contribution is 2.19. The van der Waals surface area contributed by atoms with Crippen molar-refractivity contribution < 1.29 is 53.1 Å². The number of nitrogen functional groups attached to an aromatic ring is 1. The lowest BCUT2D eigenvalue weighted by atomic mass is 9.90. The average Bonchev–Trinajstić information content (AvgIpc) is 4.17. The monoisotopic (exact) mass is 1210 g/mol. The Kier molecular flexibility index (Phi) is 33.1. The number of nitrogens with zero attached hydrogens (tertiary/aromatic N) is 6. The zero-order chi connectivity index (χ0) is 62.7. The fourth-order valence-electron chi connectivity index (χ4n) is 8.71. The van der Waals surface area contributed by atoms with Gasteiger partial charge in [0.1, 0.15) is 42.6 Å². The van der Waals surface area contributed by atoms with E-state index in [-0.39, 0.29) is 102 Å². The third kappa shape index (κ3) is 26.6. The van der Waals surface area contributed by atoms with Crippen molar-refractivity contribution in [3.8, 4) is 0 Å². The first-order valence-electron chi connectivity index (χ1n) is 28.1. The van der Waals surface area contributed by atoms with Gasteiger partial charge < -0.3 is 91.9 Å². The molecular weight excluding hydrogens is 1120 g/mol. The number of carbonyl (C=O) groups is 10. The van der Waals surface area contributed by atoms with Crippen molar-refractivity contribution in [2.75, 3.05) is 76.6 Å². The number of nitrogens with two attached hydrogens (primary N) is 7. The van der Waals surface area contributed by atoms with Crippen molar-refractivity contribution in [3.63, 3.8) is 0 Å². The summed E-state index contributed by atoms with van der Waals surface area (Å²) in [6, 6.07) is 2.60. The number of amides is 8. The number of aliphatic imine (C=N–C) groups is 1. The van der Waals surface area contributed by atoms with Crippen LogP contribution in [0.2, 0.25) is 0 Å². The molecule has 2 aromatic heterocycles. The van der Waals surface area contributed by atoms with E-state index in [1.807, 2.05) is 0 Å². The first kappa shape index (κ1) is 71.2. The van der Waals surface area contributed by atoms with Gasteiger partial charge in [-0.2, -0.15) is 11.8 Å². The van der Waals surface area contributed by atoms with Crippen LogP contribution in [0.15, 0.2) is 48.0 Å². The maximum absolute atomic E-state index is 14.3. The molecule has 32 heteroatoms. The summed E-state index contributed by atoms with van der Waals surface area (Å²) in [4.78, 5) is 152. The Morgan fingerprint density at radius 2 is 1.22 bits per heavy atom. The number of fused-ring (bicyclic) bond motifs is 1. The molecule has 0 aliphatic carbocycles. The van der Waals surface area contributed by atoms with Gasteiger partial charge in [-0.25, -0.2) is 19.7 Å². The third-order valence-electron chi connectivity index (χ3n) is 13.2. The zero-order valence-electron chi connectivity index (χ0n) is 48.1. The summed E-state index contributed by atoms with van der Waals surface area (Å²) in [5.41, 5.74) is 40.9. The van der Waals surface area contributed by atoms with Crippen LogP contribution in [-0.4, -0.2) is 196 Å². The predicted molar refractivity (Wildman–Crippen MR) is 319 cm³/mol. The van der Waals surface area contributed by atoms with Crippen molar-refractivity contribution in [3.05, 3.63) is 48.5 Å². The number of Topliss-reactive ketones (excluding diaryl/α,β-unsaturated/α-hetero) is 1. The second-order valence-electron chi connectivity index (χ2n) is 20.0. The number of aromatic nitrogens is 4. The Morgan fingerprint density at radius 1 is 0.647 bits per heavy atom. The highest BCUT2D eigenvalue weighted by Gasteiger charge is 2.33. The maximum Gasteiger partial charge on any atom is 0.326 e. The number of benzene rings is 1. The van der Waals surface area contributed by atoms with E-state index < -0.39 is 115 Å². The molecule has 22 N–H and O–H groups in total. The SMILES string of the molecule is CSC[C@H](NC(=O)CNC(=O)CN(CCN)C(=O)Cn1cnc2c(N)ncnc21)C(=O)N[C@@H](CCCCN)C(=O)NCC(=O)N[C@@H](CCCCN)C(=O)NC(Cc1ccccc1)C(=O)C[C@@H](CCCCN)C(=O)N[C@@H](CCCN=C(N)N)C(=O)O. The molecule has 2 heterocycles. The summed E-state index contributed by atoms with van der Waals surface area (Å²) in [7, 11) is 0. The molecule has 8 amide bonds. The van der Waals surface area contributed by atoms with Gasteiger partial charge in [-0.3, -0.25) is 48.1 Å². The minimum Gasteiger partial charge on any atom is -0.480 e. The molecule has 3 rings (SSSR count). The summed E-state index contributed by atoms with van der Waals surface area (Å²) in [5, 5.41) is 28.1. The first-order chi connectivity index (χ1) is 40.7. The number of hydrogen-bond acceptors (Lipinski definition) is 20. The molecule has 0 radical (unpaired) electrons. The van der Waals surface area contributed by atoms with Crippen molar-refractivity contribution in [1.82, 2.24) is 61.6 Å². The number of hydrogen-bond donors (Lipinski definition) is 15. The number of guanidine groups is 1. The van der Waals surface area contributed by atoms with Crippen LogP contribution in [-0.2, 0) is 60.9 Å². The zero-order valence-corrected chi connectivity index (χ0v) is 49.0. The molecular formula is C53H86N20O11S. The standard InChI is InChI=1S/C53H86N20O11S/c1-85-30-39(68-41(75)26-62-43(77)28-72(23-21-57)44(78)29-73-32-66-45-46(58)64-31-65-47(45)73)51(82)69-35(15-6-9-19-55)49(80)63-27-42(76)67-36(16-7-10-20-56)50(81)71-38(24-33-12-3-2-4-13-33)40(74)25-34(14-5-8-18-54)48(79)70-37(52(83)84)17-11-22-61-53(59)60/h2-4,12-13,31-32,34-39H,5-11,14-30,54-57H2,1H3,(H,62,77)(H,63,80)(H,67,76)(H,68,75)(H,69,82)(H,70,79)(H,71,81)(H,83,84)(H2,58,64,65)(H4,59,60,61)/t34-,35+,36+,37+,38?,39+/m1/s1. The van der Waals surface area contributed by atoms with Gasteiger partial charge in [0.25, 0.3) is 0 Å². The van der Waals surface area contributed by atoms with Crippen LogP contribution in [0.1, 0.15) is 82.6 Å². The summed E-state index contributed by atoms with van der Waals surface area (Å²) < 4.78 is 1.44.